The molecular formula is C19H29N3O2. The molecule has 3 rings (SSSR count). The lowest BCUT2D eigenvalue weighted by Gasteiger charge is -2.35. The molecule has 1 amide bonds. The van der Waals surface area contributed by atoms with E-state index in [1.807, 2.05) is 19.9 Å². The number of nitrogens with one attached hydrogen (secondary N) is 1. The van der Waals surface area contributed by atoms with Crippen LogP contribution in [0.1, 0.15) is 24.0 Å². The molecule has 1 aromatic rings. The Labute approximate surface area is 145 Å². The van der Waals surface area contributed by atoms with Crippen LogP contribution in [0.4, 0.5) is 5.69 Å². The van der Waals surface area contributed by atoms with Gasteiger partial charge >= 0.3 is 0 Å². The zero-order chi connectivity index (χ0) is 16.9. The van der Waals surface area contributed by atoms with Crippen molar-refractivity contribution >= 4 is 11.6 Å². The van der Waals surface area contributed by atoms with Crippen molar-refractivity contribution in [2.24, 2.45) is 0 Å². The van der Waals surface area contributed by atoms with E-state index >= 15 is 0 Å². The molecule has 0 aliphatic carbocycles. The van der Waals surface area contributed by atoms with E-state index in [1.54, 1.807) is 0 Å². The van der Waals surface area contributed by atoms with Crippen LogP contribution < -0.4 is 5.32 Å². The number of anilines is 1. The summed E-state index contributed by atoms with van der Waals surface area (Å²) in [7, 11) is 0. The average Bonchev–Trinajstić information content (AvgIpc) is 3.06. The summed E-state index contributed by atoms with van der Waals surface area (Å²) in [5.74, 6) is 0.0799. The van der Waals surface area contributed by atoms with Gasteiger partial charge in [-0.3, -0.25) is 14.6 Å². The number of carbonyl (C=O) groups is 1. The molecule has 0 aromatic heterocycles. The third kappa shape index (κ3) is 4.79. The molecule has 0 bridgehead atoms. The molecule has 2 heterocycles. The minimum Gasteiger partial charge on any atom is -0.377 e. The van der Waals surface area contributed by atoms with E-state index in [0.29, 0.717) is 12.6 Å². The second-order valence-electron chi connectivity index (χ2n) is 7.08. The molecule has 2 aliphatic heterocycles. The summed E-state index contributed by atoms with van der Waals surface area (Å²) in [5, 5.41) is 3.05. The molecule has 2 aliphatic rings. The van der Waals surface area contributed by atoms with E-state index in [4.69, 9.17) is 4.74 Å². The molecule has 1 aromatic carbocycles. The topological polar surface area (TPSA) is 44.8 Å². The maximum atomic E-state index is 12.3. The standard InChI is InChI=1S/C19H29N3O2/c1-15-5-6-16(2)18(12-15)20-19(23)14-22-9-7-21(8-10-22)13-17-4-3-11-24-17/h5-6,12,17H,3-4,7-11,13-14H2,1-2H3,(H,20,23). The van der Waals surface area contributed by atoms with E-state index in [1.165, 1.54) is 18.4 Å². The first-order chi connectivity index (χ1) is 11.6. The molecule has 0 saturated carbocycles. The fraction of sp³-hybridized carbons (Fsp3) is 0.632. The van der Waals surface area contributed by atoms with Crippen molar-refractivity contribution in [3.05, 3.63) is 29.3 Å². The van der Waals surface area contributed by atoms with Gasteiger partial charge in [0, 0.05) is 45.0 Å². The Morgan fingerprint density at radius 1 is 1.21 bits per heavy atom. The van der Waals surface area contributed by atoms with E-state index < -0.39 is 0 Å². The lowest BCUT2D eigenvalue weighted by atomic mass is 10.1. The van der Waals surface area contributed by atoms with Crippen LogP contribution in [0.25, 0.3) is 0 Å². The van der Waals surface area contributed by atoms with Crippen LogP contribution in [0, 0.1) is 13.8 Å². The predicted octanol–water partition coefficient (Wildman–Crippen LogP) is 2.04. The van der Waals surface area contributed by atoms with Crippen LogP contribution in [-0.2, 0) is 9.53 Å². The van der Waals surface area contributed by atoms with Gasteiger partial charge in [0.1, 0.15) is 0 Å². The Bertz CT molecular complexity index is 562. The highest BCUT2D eigenvalue weighted by Crippen LogP contribution is 2.17. The van der Waals surface area contributed by atoms with Gasteiger partial charge in [-0.25, -0.2) is 0 Å². The van der Waals surface area contributed by atoms with Crippen LogP contribution >= 0.6 is 0 Å². The van der Waals surface area contributed by atoms with Crippen LogP contribution in [0.3, 0.4) is 0 Å². The number of hydrogen-bond donors (Lipinski definition) is 1. The molecule has 2 fully saturated rings. The van der Waals surface area contributed by atoms with E-state index in [0.717, 1.165) is 50.6 Å². The maximum Gasteiger partial charge on any atom is 0.238 e. The van der Waals surface area contributed by atoms with Crippen LogP contribution in [0.5, 0.6) is 0 Å². The van der Waals surface area contributed by atoms with Crippen molar-refractivity contribution in [3.63, 3.8) is 0 Å². The van der Waals surface area contributed by atoms with Crippen LogP contribution in [-0.4, -0.2) is 67.7 Å². The quantitative estimate of drug-likeness (QED) is 0.897. The van der Waals surface area contributed by atoms with Gasteiger partial charge in [0.2, 0.25) is 5.91 Å². The largest absolute Gasteiger partial charge is 0.377 e. The van der Waals surface area contributed by atoms with Gasteiger partial charge in [-0.1, -0.05) is 12.1 Å². The summed E-state index contributed by atoms with van der Waals surface area (Å²) >= 11 is 0. The molecule has 0 radical (unpaired) electrons. The molecule has 1 unspecified atom stereocenters. The first-order valence-electron chi connectivity index (χ1n) is 9.03. The molecule has 24 heavy (non-hydrogen) atoms. The third-order valence-corrected chi connectivity index (χ3v) is 4.99. The highest BCUT2D eigenvalue weighted by atomic mass is 16.5. The van der Waals surface area contributed by atoms with E-state index in [9.17, 15) is 4.79 Å². The number of aryl methyl sites for hydroxylation is 2. The van der Waals surface area contributed by atoms with Crippen molar-refractivity contribution in [2.75, 3.05) is 51.2 Å². The lowest BCUT2D eigenvalue weighted by Crippen LogP contribution is -2.50. The number of carbonyl (C=O) groups excluding carboxylic acids is 1. The van der Waals surface area contributed by atoms with Crippen LogP contribution in [0.15, 0.2) is 18.2 Å². The van der Waals surface area contributed by atoms with Gasteiger partial charge in [-0.2, -0.15) is 0 Å². The van der Waals surface area contributed by atoms with E-state index in [2.05, 4.69) is 27.2 Å². The molecule has 1 N–H and O–H groups in total. The molecule has 132 valence electrons. The summed E-state index contributed by atoms with van der Waals surface area (Å²) < 4.78 is 5.71. The summed E-state index contributed by atoms with van der Waals surface area (Å²) in [5.41, 5.74) is 3.20. The molecule has 5 heteroatoms. The predicted molar refractivity (Wildman–Crippen MR) is 96.4 cm³/mol. The monoisotopic (exact) mass is 331 g/mol. The third-order valence-electron chi connectivity index (χ3n) is 4.99. The first kappa shape index (κ1) is 17.4. The highest BCUT2D eigenvalue weighted by molar-refractivity contribution is 5.93. The number of benzene rings is 1. The van der Waals surface area contributed by atoms with Gasteiger partial charge in [0.15, 0.2) is 0 Å². The molecule has 1 atom stereocenters. The lowest BCUT2D eigenvalue weighted by molar-refractivity contribution is -0.117. The second kappa shape index (κ2) is 8.10. The zero-order valence-electron chi connectivity index (χ0n) is 14.9. The minimum absolute atomic E-state index is 0.0799. The fourth-order valence-corrected chi connectivity index (χ4v) is 3.47. The van der Waals surface area contributed by atoms with E-state index in [-0.39, 0.29) is 5.91 Å². The molecule has 2 saturated heterocycles. The molecule has 5 nitrogen and oxygen atoms in total. The number of hydrogen-bond acceptors (Lipinski definition) is 4. The Hall–Kier alpha value is -1.43. The SMILES string of the molecule is Cc1ccc(C)c(NC(=O)CN2CCN(CC3CCCO3)CC2)c1. The van der Waals surface area contributed by atoms with Gasteiger partial charge in [0.25, 0.3) is 0 Å². The van der Waals surface area contributed by atoms with Crippen molar-refractivity contribution in [1.82, 2.24) is 9.80 Å². The Morgan fingerprint density at radius 3 is 2.67 bits per heavy atom. The number of nitrogens with zero attached hydrogens (tertiary/aromatic N) is 2. The Morgan fingerprint density at radius 2 is 1.96 bits per heavy atom. The maximum absolute atomic E-state index is 12.3. The van der Waals surface area contributed by atoms with Gasteiger partial charge in [-0.15, -0.1) is 0 Å². The summed E-state index contributed by atoms with van der Waals surface area (Å²) in [4.78, 5) is 17.0. The first-order valence-corrected chi connectivity index (χ1v) is 9.03. The Balaban J connectivity index is 1.42. The minimum atomic E-state index is 0.0799. The van der Waals surface area contributed by atoms with Crippen LogP contribution in [0.2, 0.25) is 0 Å². The van der Waals surface area contributed by atoms with Crippen molar-refractivity contribution in [1.29, 1.82) is 0 Å². The molecular weight excluding hydrogens is 302 g/mol. The highest BCUT2D eigenvalue weighted by Gasteiger charge is 2.23. The number of ether oxygens (including phenoxy) is 1. The van der Waals surface area contributed by atoms with Crippen molar-refractivity contribution in [3.8, 4) is 0 Å². The number of amides is 1. The van der Waals surface area contributed by atoms with Gasteiger partial charge in [-0.05, 0) is 43.9 Å². The molecule has 0 spiro atoms. The van der Waals surface area contributed by atoms with Crippen molar-refractivity contribution in [2.45, 2.75) is 32.8 Å². The fourth-order valence-electron chi connectivity index (χ4n) is 3.47. The summed E-state index contributed by atoms with van der Waals surface area (Å²) in [6, 6.07) is 6.15. The van der Waals surface area contributed by atoms with Crippen molar-refractivity contribution < 1.29 is 9.53 Å². The average molecular weight is 331 g/mol. The van der Waals surface area contributed by atoms with Gasteiger partial charge in [0.05, 0.1) is 12.6 Å². The number of rotatable bonds is 5. The summed E-state index contributed by atoms with van der Waals surface area (Å²) in [6.45, 7) is 10.5. The smallest absolute Gasteiger partial charge is 0.238 e. The zero-order valence-corrected chi connectivity index (χ0v) is 14.9. The summed E-state index contributed by atoms with van der Waals surface area (Å²) in [6.07, 6.45) is 2.81. The second-order valence-corrected chi connectivity index (χ2v) is 7.08. The van der Waals surface area contributed by atoms with Gasteiger partial charge < -0.3 is 10.1 Å². The Kier molecular flexibility index (Phi) is 5.87. The number of piperazine rings is 1. The normalized spacial score (nSPS) is 22.7.